The fraction of sp³-hybridized carbons (Fsp3) is 0.182. The van der Waals surface area contributed by atoms with E-state index in [2.05, 4.69) is 9.82 Å². The highest BCUT2D eigenvalue weighted by molar-refractivity contribution is 7.92. The summed E-state index contributed by atoms with van der Waals surface area (Å²) in [6, 6.07) is 4.77. The Balaban J connectivity index is 2.46. The van der Waals surface area contributed by atoms with Gasteiger partial charge in [0.1, 0.15) is 5.75 Å². The predicted octanol–water partition coefficient (Wildman–Crippen LogP) is 1.89. The van der Waals surface area contributed by atoms with Gasteiger partial charge in [0.2, 0.25) is 0 Å². The van der Waals surface area contributed by atoms with Crippen LogP contribution < -0.4 is 4.72 Å². The number of aryl methyl sites for hydroxylation is 2. The largest absolute Gasteiger partial charge is 0.505 e. The molecule has 0 aliphatic rings. The second-order valence-electron chi connectivity index (χ2n) is 4.00. The molecular weight excluding hydrogens is 290 g/mol. The van der Waals surface area contributed by atoms with Crippen LogP contribution in [-0.4, -0.2) is 23.3 Å². The number of rotatable bonds is 3. The van der Waals surface area contributed by atoms with Crippen molar-refractivity contribution < 1.29 is 13.5 Å². The predicted molar refractivity (Wildman–Crippen MR) is 71.9 cm³/mol. The van der Waals surface area contributed by atoms with Crippen LogP contribution in [0.4, 0.5) is 5.69 Å². The Morgan fingerprint density at radius 3 is 2.68 bits per heavy atom. The number of aromatic nitrogens is 2. The Kier molecular flexibility index (Phi) is 3.42. The second kappa shape index (κ2) is 4.75. The zero-order valence-corrected chi connectivity index (χ0v) is 11.8. The Labute approximate surface area is 115 Å². The number of nitrogens with zero attached hydrogens (tertiary/aromatic N) is 2. The highest BCUT2D eigenvalue weighted by Crippen LogP contribution is 2.30. The molecule has 0 amide bonds. The number of nitrogens with one attached hydrogen (secondary N) is 1. The summed E-state index contributed by atoms with van der Waals surface area (Å²) in [6.45, 7) is 1.67. The van der Waals surface area contributed by atoms with Crippen LogP contribution >= 0.6 is 11.6 Å². The summed E-state index contributed by atoms with van der Waals surface area (Å²) in [5, 5.41) is 13.4. The zero-order chi connectivity index (χ0) is 14.2. The van der Waals surface area contributed by atoms with Gasteiger partial charge in [-0.15, -0.1) is 0 Å². The molecule has 0 radical (unpaired) electrons. The molecule has 19 heavy (non-hydrogen) atoms. The van der Waals surface area contributed by atoms with Crippen molar-refractivity contribution in [2.75, 3.05) is 4.72 Å². The van der Waals surface area contributed by atoms with Crippen molar-refractivity contribution in [3.05, 3.63) is 35.0 Å². The molecule has 1 heterocycles. The molecule has 0 saturated heterocycles. The van der Waals surface area contributed by atoms with Gasteiger partial charge in [-0.2, -0.15) is 13.5 Å². The van der Waals surface area contributed by atoms with Crippen LogP contribution in [0.15, 0.2) is 29.4 Å². The highest BCUT2D eigenvalue weighted by atomic mass is 35.5. The fourth-order valence-electron chi connectivity index (χ4n) is 1.64. The summed E-state index contributed by atoms with van der Waals surface area (Å²) in [6.07, 6.45) is 1.24. The van der Waals surface area contributed by atoms with Crippen molar-refractivity contribution in [1.29, 1.82) is 0 Å². The van der Waals surface area contributed by atoms with Crippen molar-refractivity contribution in [1.82, 2.24) is 9.78 Å². The second-order valence-corrected chi connectivity index (χ2v) is 6.00. The highest BCUT2D eigenvalue weighted by Gasteiger charge is 2.23. The van der Waals surface area contributed by atoms with Gasteiger partial charge in [0.25, 0.3) is 10.0 Å². The molecule has 2 rings (SSSR count). The summed E-state index contributed by atoms with van der Waals surface area (Å²) >= 11 is 5.80. The third kappa shape index (κ3) is 2.52. The first kappa shape index (κ1) is 13.7. The van der Waals surface area contributed by atoms with Crippen LogP contribution in [0.25, 0.3) is 0 Å². The molecule has 1 aromatic heterocycles. The summed E-state index contributed by atoms with van der Waals surface area (Å²) in [5.41, 5.74) is 0.661. The van der Waals surface area contributed by atoms with Crippen molar-refractivity contribution >= 4 is 27.3 Å². The van der Waals surface area contributed by atoms with Crippen LogP contribution in [0.5, 0.6) is 5.75 Å². The van der Waals surface area contributed by atoms with Crippen molar-refractivity contribution in [2.45, 2.75) is 11.9 Å². The van der Waals surface area contributed by atoms with Crippen LogP contribution in [0.2, 0.25) is 5.02 Å². The van der Waals surface area contributed by atoms with E-state index in [0.717, 1.165) is 4.68 Å². The van der Waals surface area contributed by atoms with Crippen LogP contribution in [0, 0.1) is 6.92 Å². The third-order valence-corrected chi connectivity index (χ3v) is 4.45. The van der Waals surface area contributed by atoms with E-state index in [1.54, 1.807) is 19.1 Å². The van der Waals surface area contributed by atoms with E-state index in [9.17, 15) is 13.5 Å². The number of aromatic hydroxyl groups is 1. The first-order valence-corrected chi connectivity index (χ1v) is 7.18. The molecule has 0 saturated carbocycles. The summed E-state index contributed by atoms with van der Waals surface area (Å²) in [4.78, 5) is 0. The molecule has 0 fully saturated rings. The third-order valence-electron chi connectivity index (χ3n) is 2.58. The molecule has 0 bridgehead atoms. The lowest BCUT2D eigenvalue weighted by atomic mass is 10.2. The van der Waals surface area contributed by atoms with Gasteiger partial charge in [0, 0.05) is 7.05 Å². The number of phenols is 1. The summed E-state index contributed by atoms with van der Waals surface area (Å²) in [5.74, 6) is -0.121. The Morgan fingerprint density at radius 1 is 1.42 bits per heavy atom. The number of hydrogen-bond acceptors (Lipinski definition) is 4. The molecule has 1 aromatic carbocycles. The van der Waals surface area contributed by atoms with E-state index in [1.165, 1.54) is 19.3 Å². The number of benzene rings is 1. The average Bonchev–Trinajstić information content (AvgIpc) is 2.65. The molecule has 0 spiro atoms. The average molecular weight is 302 g/mol. The number of halogens is 1. The van der Waals surface area contributed by atoms with Crippen LogP contribution in [0.3, 0.4) is 0 Å². The maximum Gasteiger partial charge on any atom is 0.280 e. The summed E-state index contributed by atoms with van der Waals surface area (Å²) in [7, 11) is -2.44. The van der Waals surface area contributed by atoms with Gasteiger partial charge in [-0.3, -0.25) is 9.40 Å². The van der Waals surface area contributed by atoms with Gasteiger partial charge in [0.15, 0.2) is 5.03 Å². The Bertz CT molecular complexity index is 705. The number of anilines is 1. The molecule has 0 aliphatic carbocycles. The number of para-hydroxylation sites is 1. The molecule has 2 N–H and O–H groups in total. The first-order chi connectivity index (χ1) is 8.83. The van der Waals surface area contributed by atoms with Crippen molar-refractivity contribution in [3.8, 4) is 5.75 Å². The monoisotopic (exact) mass is 301 g/mol. The van der Waals surface area contributed by atoms with Gasteiger partial charge in [-0.1, -0.05) is 23.7 Å². The molecule has 102 valence electrons. The maximum atomic E-state index is 12.2. The number of hydrogen-bond donors (Lipinski definition) is 2. The number of sulfonamides is 1. The smallest absolute Gasteiger partial charge is 0.280 e. The van der Waals surface area contributed by atoms with Gasteiger partial charge in [-0.05, 0) is 18.6 Å². The minimum Gasteiger partial charge on any atom is -0.505 e. The van der Waals surface area contributed by atoms with Gasteiger partial charge < -0.3 is 5.11 Å². The van der Waals surface area contributed by atoms with E-state index in [0.29, 0.717) is 5.56 Å². The number of phenolic OH excluding ortho intramolecular Hbond substituents is 1. The molecular formula is C11H12ClN3O3S. The van der Waals surface area contributed by atoms with Gasteiger partial charge in [0.05, 0.1) is 16.9 Å². The quantitative estimate of drug-likeness (QED) is 0.848. The Hall–Kier alpha value is -1.73. The lowest BCUT2D eigenvalue weighted by Crippen LogP contribution is -2.17. The lowest BCUT2D eigenvalue weighted by Gasteiger charge is -2.11. The van der Waals surface area contributed by atoms with E-state index in [4.69, 9.17) is 11.6 Å². The topological polar surface area (TPSA) is 84.2 Å². The molecule has 0 aliphatic heterocycles. The van der Waals surface area contributed by atoms with Gasteiger partial charge in [-0.25, -0.2) is 0 Å². The molecule has 2 aromatic rings. The SMILES string of the molecule is Cc1cccc(NS(=O)(=O)c2c(Cl)cnn2C)c1O. The minimum atomic E-state index is -3.91. The van der Waals surface area contributed by atoms with Crippen LogP contribution in [-0.2, 0) is 17.1 Å². The van der Waals surface area contributed by atoms with E-state index >= 15 is 0 Å². The van der Waals surface area contributed by atoms with Crippen molar-refractivity contribution in [2.24, 2.45) is 7.05 Å². The zero-order valence-electron chi connectivity index (χ0n) is 10.3. The Morgan fingerprint density at radius 2 is 2.11 bits per heavy atom. The molecule has 8 heteroatoms. The van der Waals surface area contributed by atoms with Gasteiger partial charge >= 0.3 is 0 Å². The van der Waals surface area contributed by atoms with E-state index in [1.807, 2.05) is 0 Å². The van der Waals surface area contributed by atoms with E-state index in [-0.39, 0.29) is 21.5 Å². The molecule has 6 nitrogen and oxygen atoms in total. The minimum absolute atomic E-state index is 0.0159. The normalized spacial score (nSPS) is 11.5. The molecule has 0 atom stereocenters. The molecule has 0 unspecified atom stereocenters. The lowest BCUT2D eigenvalue weighted by molar-refractivity contribution is 0.473. The summed E-state index contributed by atoms with van der Waals surface area (Å²) < 4.78 is 27.8. The van der Waals surface area contributed by atoms with Crippen LogP contribution in [0.1, 0.15) is 5.56 Å². The van der Waals surface area contributed by atoms with E-state index < -0.39 is 10.0 Å². The standard InChI is InChI=1S/C11H12ClN3O3S/c1-7-4-3-5-9(10(7)16)14-19(17,18)11-8(12)6-13-15(11)2/h3-6,14,16H,1-2H3. The fourth-order valence-corrected chi connectivity index (χ4v) is 3.36. The maximum absolute atomic E-state index is 12.2. The first-order valence-electron chi connectivity index (χ1n) is 5.32. The van der Waals surface area contributed by atoms with Crippen molar-refractivity contribution in [3.63, 3.8) is 0 Å².